The van der Waals surface area contributed by atoms with Crippen LogP contribution in [0.3, 0.4) is 0 Å². The molecule has 0 aromatic heterocycles. The second-order valence-corrected chi connectivity index (χ2v) is 6.18. The first-order valence-electron chi connectivity index (χ1n) is 7.80. The number of carboxylic acid groups (broad SMARTS) is 1. The number of carbonyl (C=O) groups is 2. The van der Waals surface area contributed by atoms with Crippen LogP contribution in [-0.4, -0.2) is 61.5 Å². The molecule has 0 spiro atoms. The van der Waals surface area contributed by atoms with Gasteiger partial charge in [-0.3, -0.25) is 4.90 Å². The van der Waals surface area contributed by atoms with Crippen molar-refractivity contribution in [1.82, 2.24) is 4.90 Å². The number of esters is 1. The van der Waals surface area contributed by atoms with Gasteiger partial charge >= 0.3 is 11.9 Å². The third-order valence-electron chi connectivity index (χ3n) is 4.74. The van der Waals surface area contributed by atoms with E-state index in [0.29, 0.717) is 0 Å². The van der Waals surface area contributed by atoms with Crippen molar-refractivity contribution < 1.29 is 46.5 Å². The standard InChI is InChI=1S/C16H15F4NO6/c1-21-13-7-8(10(18)12(20)11(19)9(7)17)14(21)16(15(13)25-2)27-6(24)4-26-3-5(22)23/h13-16H,3-4H2,1-2H3,(H,22,23)/t13-,14?,15+,16?/m0/s1. The predicted molar refractivity (Wildman–Crippen MR) is 78.7 cm³/mol. The molecule has 4 atom stereocenters. The first kappa shape index (κ1) is 19.5. The number of methoxy groups -OCH3 is 1. The van der Waals surface area contributed by atoms with Crippen molar-refractivity contribution in [3.05, 3.63) is 34.4 Å². The Hall–Kier alpha value is -2.24. The lowest BCUT2D eigenvalue weighted by Crippen LogP contribution is -2.39. The first-order chi connectivity index (χ1) is 12.7. The average Bonchev–Trinajstić information content (AvgIpc) is 3.05. The summed E-state index contributed by atoms with van der Waals surface area (Å²) in [5.41, 5.74) is -0.809. The molecule has 1 N–H and O–H groups in total. The Labute approximate surface area is 150 Å². The van der Waals surface area contributed by atoms with Gasteiger partial charge < -0.3 is 19.3 Å². The molecular formula is C16H15F4NO6. The summed E-state index contributed by atoms with van der Waals surface area (Å²) in [6.45, 7) is -1.42. The van der Waals surface area contributed by atoms with Crippen molar-refractivity contribution in [2.24, 2.45) is 0 Å². The monoisotopic (exact) mass is 393 g/mol. The summed E-state index contributed by atoms with van der Waals surface area (Å²) in [6.07, 6.45) is -2.13. The minimum atomic E-state index is -1.95. The van der Waals surface area contributed by atoms with Crippen LogP contribution < -0.4 is 0 Å². The van der Waals surface area contributed by atoms with E-state index in [0.717, 1.165) is 0 Å². The molecule has 11 heteroatoms. The zero-order valence-electron chi connectivity index (χ0n) is 14.2. The van der Waals surface area contributed by atoms with E-state index in [1.807, 2.05) is 0 Å². The fourth-order valence-electron chi connectivity index (χ4n) is 3.78. The lowest BCUT2D eigenvalue weighted by atomic mass is 9.86. The van der Waals surface area contributed by atoms with E-state index in [9.17, 15) is 27.2 Å². The Morgan fingerprint density at radius 1 is 0.963 bits per heavy atom. The van der Waals surface area contributed by atoms with Gasteiger partial charge in [-0.15, -0.1) is 0 Å². The number of carboxylic acids is 1. The average molecular weight is 393 g/mol. The maximum absolute atomic E-state index is 14.3. The highest BCUT2D eigenvalue weighted by Gasteiger charge is 2.60. The lowest BCUT2D eigenvalue weighted by molar-refractivity contribution is -0.163. The van der Waals surface area contributed by atoms with Gasteiger partial charge in [-0.2, -0.15) is 0 Å². The van der Waals surface area contributed by atoms with Crippen molar-refractivity contribution >= 4 is 11.9 Å². The quantitative estimate of drug-likeness (QED) is 0.338. The number of fused-ring (bicyclic) bond motifs is 5. The third-order valence-corrected chi connectivity index (χ3v) is 4.74. The lowest BCUT2D eigenvalue weighted by Gasteiger charge is -2.30. The predicted octanol–water partition coefficient (Wildman–Crippen LogP) is 1.31. The van der Waals surface area contributed by atoms with Gasteiger partial charge in [0, 0.05) is 18.2 Å². The van der Waals surface area contributed by atoms with Crippen LogP contribution in [0.4, 0.5) is 17.6 Å². The maximum atomic E-state index is 14.3. The maximum Gasteiger partial charge on any atom is 0.332 e. The number of benzene rings is 1. The summed E-state index contributed by atoms with van der Waals surface area (Å²) in [5, 5.41) is 8.48. The summed E-state index contributed by atoms with van der Waals surface area (Å²) in [5.74, 6) is -9.19. The van der Waals surface area contributed by atoms with Crippen LogP contribution in [0.2, 0.25) is 0 Å². The fraction of sp³-hybridized carbons (Fsp3) is 0.500. The van der Waals surface area contributed by atoms with Crippen LogP contribution in [-0.2, 0) is 23.8 Å². The van der Waals surface area contributed by atoms with Gasteiger partial charge in [0.25, 0.3) is 0 Å². The molecule has 7 nitrogen and oxygen atoms in total. The van der Waals surface area contributed by atoms with E-state index in [2.05, 4.69) is 4.74 Å². The van der Waals surface area contributed by atoms with Crippen LogP contribution in [0.25, 0.3) is 0 Å². The molecular weight excluding hydrogens is 378 g/mol. The highest BCUT2D eigenvalue weighted by Crippen LogP contribution is 2.56. The van der Waals surface area contributed by atoms with Crippen LogP contribution in [0.5, 0.6) is 0 Å². The molecule has 0 aliphatic carbocycles. The zero-order chi connectivity index (χ0) is 20.0. The minimum absolute atomic E-state index is 0.375. The Bertz CT molecular complexity index is 804. The number of hydrogen-bond donors (Lipinski definition) is 1. The van der Waals surface area contributed by atoms with E-state index in [4.69, 9.17) is 14.6 Å². The summed E-state index contributed by atoms with van der Waals surface area (Å²) in [4.78, 5) is 23.7. The van der Waals surface area contributed by atoms with Crippen molar-refractivity contribution in [3.8, 4) is 0 Å². The van der Waals surface area contributed by atoms with Gasteiger partial charge in [0.05, 0.1) is 12.1 Å². The number of hydrogen-bond acceptors (Lipinski definition) is 6. The molecule has 0 saturated carbocycles. The molecule has 1 aromatic carbocycles. The molecule has 0 radical (unpaired) electrons. The van der Waals surface area contributed by atoms with Crippen LogP contribution in [0, 0.1) is 23.3 Å². The molecule has 1 fully saturated rings. The molecule has 27 heavy (non-hydrogen) atoms. The van der Waals surface area contributed by atoms with Crippen LogP contribution in [0.15, 0.2) is 0 Å². The highest BCUT2D eigenvalue weighted by molar-refractivity contribution is 5.72. The van der Waals surface area contributed by atoms with Gasteiger partial charge in [-0.05, 0) is 7.05 Å². The van der Waals surface area contributed by atoms with Gasteiger partial charge in [0.15, 0.2) is 23.3 Å². The Balaban J connectivity index is 1.91. The Kier molecular flexibility index (Phi) is 5.10. The number of likely N-dealkylation sites (N-methyl/N-ethyl adjacent to an activating group) is 1. The summed E-state index contributed by atoms with van der Waals surface area (Å²) in [6, 6.07) is -2.11. The molecule has 0 amide bonds. The normalized spacial score (nSPS) is 26.3. The number of halogens is 4. The minimum Gasteiger partial charge on any atom is -0.480 e. The zero-order valence-corrected chi connectivity index (χ0v) is 14.2. The second-order valence-electron chi connectivity index (χ2n) is 6.18. The van der Waals surface area contributed by atoms with Gasteiger partial charge in [0.2, 0.25) is 0 Å². The van der Waals surface area contributed by atoms with Crippen molar-refractivity contribution in [2.45, 2.75) is 24.3 Å². The topological polar surface area (TPSA) is 85.3 Å². The van der Waals surface area contributed by atoms with Crippen LogP contribution >= 0.6 is 0 Å². The molecule has 2 aliphatic heterocycles. The SMILES string of the molecule is CO[C@H]1C(OC(=O)COCC(=O)O)C2c3c(F)c(F)c(F)c(F)c3[C@@H]1N2C. The summed E-state index contributed by atoms with van der Waals surface area (Å²) >= 11 is 0. The molecule has 2 aliphatic rings. The van der Waals surface area contributed by atoms with E-state index in [1.54, 1.807) is 0 Å². The molecule has 2 bridgehead atoms. The van der Waals surface area contributed by atoms with Crippen LogP contribution in [0.1, 0.15) is 23.2 Å². The Morgan fingerprint density at radius 2 is 1.48 bits per heavy atom. The molecule has 1 saturated heterocycles. The summed E-state index contributed by atoms with van der Waals surface area (Å²) < 4.78 is 71.0. The fourth-order valence-corrected chi connectivity index (χ4v) is 3.78. The molecule has 3 rings (SSSR count). The van der Waals surface area contributed by atoms with Crippen molar-refractivity contribution in [1.29, 1.82) is 0 Å². The Morgan fingerprint density at radius 3 is 1.96 bits per heavy atom. The second kappa shape index (κ2) is 7.06. The molecule has 1 aromatic rings. The van der Waals surface area contributed by atoms with E-state index in [1.165, 1.54) is 19.1 Å². The van der Waals surface area contributed by atoms with Gasteiger partial charge in [-0.25, -0.2) is 27.2 Å². The van der Waals surface area contributed by atoms with Crippen molar-refractivity contribution in [3.63, 3.8) is 0 Å². The third kappa shape index (κ3) is 2.95. The van der Waals surface area contributed by atoms with E-state index < -0.39 is 78.3 Å². The number of ether oxygens (including phenoxy) is 3. The van der Waals surface area contributed by atoms with E-state index >= 15 is 0 Å². The highest BCUT2D eigenvalue weighted by atomic mass is 19.2. The number of carbonyl (C=O) groups excluding carboxylic acids is 1. The van der Waals surface area contributed by atoms with E-state index in [-0.39, 0.29) is 5.56 Å². The van der Waals surface area contributed by atoms with Gasteiger partial charge in [-0.1, -0.05) is 0 Å². The molecule has 148 valence electrons. The largest absolute Gasteiger partial charge is 0.480 e. The number of rotatable bonds is 6. The smallest absolute Gasteiger partial charge is 0.332 e. The van der Waals surface area contributed by atoms with Gasteiger partial charge in [0.1, 0.15) is 25.4 Å². The summed E-state index contributed by atoms with van der Waals surface area (Å²) in [7, 11) is 2.69. The number of nitrogens with zero attached hydrogens (tertiary/aromatic N) is 1. The van der Waals surface area contributed by atoms with Crippen molar-refractivity contribution in [2.75, 3.05) is 27.4 Å². The molecule has 2 heterocycles. The number of aliphatic carboxylic acids is 1. The molecule has 2 unspecified atom stereocenters. The first-order valence-corrected chi connectivity index (χ1v) is 7.80.